The topological polar surface area (TPSA) is 75.3 Å². The molecule has 0 aromatic rings. The quantitative estimate of drug-likeness (QED) is 0.363. The summed E-state index contributed by atoms with van der Waals surface area (Å²) in [5.74, 6) is -0.336. The molecule has 1 unspecified atom stereocenters. The number of carbonyl (C=O) groups is 1. The van der Waals surface area contributed by atoms with Crippen LogP contribution in [0, 0.1) is 0 Å². The Morgan fingerprint density at radius 1 is 0.952 bits per heavy atom. The summed E-state index contributed by atoms with van der Waals surface area (Å²) >= 11 is 0. The second-order valence-corrected chi connectivity index (χ2v) is 4.62. The molecule has 0 aliphatic heterocycles. The van der Waals surface area contributed by atoms with Crippen LogP contribution in [0.25, 0.3) is 0 Å². The van der Waals surface area contributed by atoms with E-state index in [0.717, 1.165) is 0 Å². The van der Waals surface area contributed by atoms with E-state index < -0.39 is 5.54 Å². The third-order valence-corrected chi connectivity index (χ3v) is 2.77. The van der Waals surface area contributed by atoms with Gasteiger partial charge in [-0.05, 0) is 13.5 Å². The van der Waals surface area contributed by atoms with Crippen LogP contribution in [0.3, 0.4) is 0 Å². The second kappa shape index (κ2) is 13.0. The molecule has 0 spiro atoms. The number of hydrogen-bond donors (Lipinski definition) is 1. The first-order valence-electron chi connectivity index (χ1n) is 7.16. The van der Waals surface area contributed by atoms with Crippen LogP contribution < -0.4 is 5.32 Å². The SMILES string of the molecule is CCNC(C)(COCCOCCOCCOC)C(=O)OC. The molecule has 0 bridgehead atoms. The largest absolute Gasteiger partial charge is 0.468 e. The smallest absolute Gasteiger partial charge is 0.328 e. The molecule has 0 aliphatic rings. The number of esters is 1. The van der Waals surface area contributed by atoms with Crippen LogP contribution in [-0.4, -0.2) is 78.5 Å². The average Bonchev–Trinajstić information content (AvgIpc) is 2.48. The third kappa shape index (κ3) is 9.76. The molecule has 0 saturated carbocycles. The minimum atomic E-state index is -0.827. The summed E-state index contributed by atoms with van der Waals surface area (Å²) < 4.78 is 25.7. The second-order valence-electron chi connectivity index (χ2n) is 4.62. The van der Waals surface area contributed by atoms with Gasteiger partial charge in [0.2, 0.25) is 0 Å². The van der Waals surface area contributed by atoms with E-state index in [1.54, 1.807) is 14.0 Å². The van der Waals surface area contributed by atoms with Gasteiger partial charge in [0.1, 0.15) is 5.54 Å². The van der Waals surface area contributed by atoms with Crippen LogP contribution in [0.2, 0.25) is 0 Å². The first kappa shape index (κ1) is 20.3. The lowest BCUT2D eigenvalue weighted by atomic mass is 10.0. The minimum absolute atomic E-state index is 0.237. The van der Waals surface area contributed by atoms with E-state index in [0.29, 0.717) is 46.2 Å². The van der Waals surface area contributed by atoms with Crippen molar-refractivity contribution in [2.24, 2.45) is 0 Å². The van der Waals surface area contributed by atoms with E-state index in [1.807, 2.05) is 6.92 Å². The highest BCUT2D eigenvalue weighted by Crippen LogP contribution is 2.07. The summed E-state index contributed by atoms with van der Waals surface area (Å²) in [5.41, 5.74) is -0.827. The highest BCUT2D eigenvalue weighted by molar-refractivity contribution is 5.80. The number of carbonyl (C=O) groups excluding carboxylic acids is 1. The van der Waals surface area contributed by atoms with E-state index in [4.69, 9.17) is 23.7 Å². The Bertz CT molecular complexity index is 264. The normalized spacial score (nSPS) is 13.9. The Labute approximate surface area is 127 Å². The maximum Gasteiger partial charge on any atom is 0.328 e. The fraction of sp³-hybridized carbons (Fsp3) is 0.929. The average molecular weight is 307 g/mol. The number of methoxy groups -OCH3 is 2. The fourth-order valence-electron chi connectivity index (χ4n) is 1.66. The standard InChI is InChI=1S/C14H29NO6/c1-5-15-14(2,13(16)18-4)12-21-11-10-20-9-8-19-7-6-17-3/h15H,5-12H2,1-4H3. The fourth-order valence-corrected chi connectivity index (χ4v) is 1.66. The lowest BCUT2D eigenvalue weighted by Gasteiger charge is -2.27. The van der Waals surface area contributed by atoms with Gasteiger partial charge in [0.15, 0.2) is 0 Å². The van der Waals surface area contributed by atoms with Crippen molar-refractivity contribution < 1.29 is 28.5 Å². The van der Waals surface area contributed by atoms with E-state index in [-0.39, 0.29) is 12.6 Å². The molecule has 0 aromatic carbocycles. The number of nitrogens with one attached hydrogen (secondary N) is 1. The van der Waals surface area contributed by atoms with Gasteiger partial charge >= 0.3 is 5.97 Å². The highest BCUT2D eigenvalue weighted by atomic mass is 16.6. The summed E-state index contributed by atoms with van der Waals surface area (Å²) in [5, 5.41) is 3.07. The maximum absolute atomic E-state index is 11.7. The predicted octanol–water partition coefficient (Wildman–Crippen LogP) is 0.224. The van der Waals surface area contributed by atoms with E-state index in [9.17, 15) is 4.79 Å². The van der Waals surface area contributed by atoms with Gasteiger partial charge in [-0.25, -0.2) is 4.79 Å². The number of ether oxygens (including phenoxy) is 5. The molecule has 21 heavy (non-hydrogen) atoms. The van der Waals surface area contributed by atoms with Crippen LogP contribution in [0.5, 0.6) is 0 Å². The molecule has 0 amide bonds. The van der Waals surface area contributed by atoms with Gasteiger partial charge in [0, 0.05) is 7.11 Å². The number of rotatable bonds is 14. The lowest BCUT2D eigenvalue weighted by molar-refractivity contribution is -0.150. The van der Waals surface area contributed by atoms with Crippen molar-refractivity contribution in [3.8, 4) is 0 Å². The Morgan fingerprint density at radius 3 is 1.95 bits per heavy atom. The van der Waals surface area contributed by atoms with Gasteiger partial charge in [0.25, 0.3) is 0 Å². The molecule has 0 aromatic heterocycles. The van der Waals surface area contributed by atoms with Crippen LogP contribution in [0.15, 0.2) is 0 Å². The summed E-state index contributed by atoms with van der Waals surface area (Å²) in [6.07, 6.45) is 0. The molecular formula is C14H29NO6. The molecule has 0 fully saturated rings. The van der Waals surface area contributed by atoms with Crippen molar-refractivity contribution in [3.05, 3.63) is 0 Å². The van der Waals surface area contributed by atoms with Crippen molar-refractivity contribution in [2.45, 2.75) is 19.4 Å². The molecule has 7 heteroatoms. The molecule has 7 nitrogen and oxygen atoms in total. The van der Waals surface area contributed by atoms with Gasteiger partial charge in [-0.15, -0.1) is 0 Å². The molecule has 0 heterocycles. The molecule has 126 valence electrons. The van der Waals surface area contributed by atoms with Crippen LogP contribution in [0.1, 0.15) is 13.8 Å². The van der Waals surface area contributed by atoms with Gasteiger partial charge in [0.05, 0.1) is 53.4 Å². The Morgan fingerprint density at radius 2 is 1.48 bits per heavy atom. The minimum Gasteiger partial charge on any atom is -0.468 e. The molecule has 0 radical (unpaired) electrons. The van der Waals surface area contributed by atoms with Crippen LogP contribution in [-0.2, 0) is 28.5 Å². The molecular weight excluding hydrogens is 278 g/mol. The van der Waals surface area contributed by atoms with Crippen molar-refractivity contribution in [3.63, 3.8) is 0 Å². The first-order chi connectivity index (χ1) is 10.1. The Hall–Kier alpha value is -0.730. The molecule has 1 N–H and O–H groups in total. The maximum atomic E-state index is 11.7. The van der Waals surface area contributed by atoms with E-state index in [1.165, 1.54) is 7.11 Å². The van der Waals surface area contributed by atoms with Crippen molar-refractivity contribution in [1.82, 2.24) is 5.32 Å². The van der Waals surface area contributed by atoms with Crippen LogP contribution >= 0.6 is 0 Å². The van der Waals surface area contributed by atoms with Gasteiger partial charge in [-0.1, -0.05) is 6.92 Å². The third-order valence-electron chi connectivity index (χ3n) is 2.77. The Kier molecular flexibility index (Phi) is 12.5. The summed E-state index contributed by atoms with van der Waals surface area (Å²) in [6.45, 7) is 7.63. The monoisotopic (exact) mass is 307 g/mol. The van der Waals surface area contributed by atoms with Gasteiger partial charge < -0.3 is 29.0 Å². The zero-order chi connectivity index (χ0) is 16.0. The predicted molar refractivity (Wildman–Crippen MR) is 78.4 cm³/mol. The number of likely N-dealkylation sites (N-methyl/N-ethyl adjacent to an activating group) is 1. The summed E-state index contributed by atoms with van der Waals surface area (Å²) in [4.78, 5) is 11.7. The molecule has 1 atom stereocenters. The van der Waals surface area contributed by atoms with Crippen LogP contribution in [0.4, 0.5) is 0 Å². The van der Waals surface area contributed by atoms with E-state index in [2.05, 4.69) is 5.32 Å². The van der Waals surface area contributed by atoms with Crippen molar-refractivity contribution in [2.75, 3.05) is 67.0 Å². The first-order valence-corrected chi connectivity index (χ1v) is 7.16. The zero-order valence-corrected chi connectivity index (χ0v) is 13.6. The van der Waals surface area contributed by atoms with Gasteiger partial charge in [-0.3, -0.25) is 0 Å². The van der Waals surface area contributed by atoms with Gasteiger partial charge in [-0.2, -0.15) is 0 Å². The molecule has 0 saturated heterocycles. The molecule has 0 rings (SSSR count). The van der Waals surface area contributed by atoms with Crippen molar-refractivity contribution >= 4 is 5.97 Å². The lowest BCUT2D eigenvalue weighted by Crippen LogP contribution is -2.53. The Balaban J connectivity index is 3.61. The summed E-state index contributed by atoms with van der Waals surface area (Å²) in [7, 11) is 3.00. The highest BCUT2D eigenvalue weighted by Gasteiger charge is 2.33. The number of hydrogen-bond acceptors (Lipinski definition) is 7. The zero-order valence-electron chi connectivity index (χ0n) is 13.6. The van der Waals surface area contributed by atoms with E-state index >= 15 is 0 Å². The van der Waals surface area contributed by atoms with Crippen molar-refractivity contribution in [1.29, 1.82) is 0 Å². The molecule has 0 aliphatic carbocycles. The summed E-state index contributed by atoms with van der Waals surface area (Å²) in [6, 6.07) is 0.